The zero-order chi connectivity index (χ0) is 12.3. The highest BCUT2D eigenvalue weighted by atomic mass is 79.9. The first-order valence-corrected chi connectivity index (χ1v) is 6.82. The molecular weight excluding hydrogens is 324 g/mol. The lowest BCUT2D eigenvalue weighted by molar-refractivity contribution is 0.560. The fourth-order valence-corrected chi connectivity index (χ4v) is 2.79. The van der Waals surface area contributed by atoms with E-state index >= 15 is 0 Å². The topological polar surface area (TPSA) is 63.8 Å². The fourth-order valence-electron chi connectivity index (χ4n) is 1.48. The van der Waals surface area contributed by atoms with E-state index in [1.807, 2.05) is 18.2 Å². The average Bonchev–Trinajstić information content (AvgIpc) is 2.81. The molecule has 0 spiro atoms. The molecule has 0 bridgehead atoms. The van der Waals surface area contributed by atoms with E-state index in [9.17, 15) is 0 Å². The Balaban J connectivity index is 2.19. The van der Waals surface area contributed by atoms with Crippen molar-refractivity contribution in [2.75, 3.05) is 0 Å². The van der Waals surface area contributed by atoms with E-state index in [0.717, 1.165) is 19.9 Å². The number of rotatable bonds is 4. The predicted molar refractivity (Wildman–Crippen MR) is 72.8 cm³/mol. The Hall–Kier alpha value is -0.530. The molecule has 0 saturated carbocycles. The number of hydrazine groups is 1. The third-order valence-electron chi connectivity index (χ3n) is 2.36. The molecule has 4 nitrogen and oxygen atoms in total. The van der Waals surface area contributed by atoms with Crippen molar-refractivity contribution in [3.05, 3.63) is 44.3 Å². The highest BCUT2D eigenvalue weighted by molar-refractivity contribution is 9.10. The van der Waals surface area contributed by atoms with Gasteiger partial charge in [-0.05, 0) is 35.6 Å². The Morgan fingerprint density at radius 2 is 2.35 bits per heavy atom. The van der Waals surface area contributed by atoms with Gasteiger partial charge in [-0.2, -0.15) is 0 Å². The quantitative estimate of drug-likeness (QED) is 0.667. The molecule has 2 aromatic rings. The molecule has 1 aromatic carbocycles. The maximum Gasteiger partial charge on any atom is 0.0670 e. The van der Waals surface area contributed by atoms with Crippen LogP contribution < -0.4 is 11.3 Å². The number of hydrogen-bond donors (Lipinski definition) is 2. The molecule has 0 radical (unpaired) electrons. The summed E-state index contributed by atoms with van der Waals surface area (Å²) in [5, 5.41) is 4.52. The zero-order valence-corrected chi connectivity index (χ0v) is 11.9. The SMILES string of the molecule is NNC(Cc1ccc(Br)cc1Cl)c1cnns1. The van der Waals surface area contributed by atoms with Crippen LogP contribution in [0.2, 0.25) is 5.02 Å². The molecule has 17 heavy (non-hydrogen) atoms. The van der Waals surface area contributed by atoms with Gasteiger partial charge in [0.1, 0.15) is 0 Å². The highest BCUT2D eigenvalue weighted by Crippen LogP contribution is 2.26. The molecule has 0 amide bonds. The van der Waals surface area contributed by atoms with E-state index in [2.05, 4.69) is 30.9 Å². The number of halogens is 2. The summed E-state index contributed by atoms with van der Waals surface area (Å²) in [5.74, 6) is 5.54. The molecule has 0 aliphatic rings. The summed E-state index contributed by atoms with van der Waals surface area (Å²) in [5.41, 5.74) is 3.79. The van der Waals surface area contributed by atoms with Gasteiger partial charge in [-0.15, -0.1) is 5.10 Å². The van der Waals surface area contributed by atoms with Crippen LogP contribution in [0.5, 0.6) is 0 Å². The smallest absolute Gasteiger partial charge is 0.0670 e. The maximum atomic E-state index is 6.17. The van der Waals surface area contributed by atoms with Gasteiger partial charge in [0.05, 0.1) is 17.1 Å². The first kappa shape index (κ1) is 12.9. The second kappa shape index (κ2) is 5.88. The molecule has 0 aliphatic heterocycles. The lowest BCUT2D eigenvalue weighted by atomic mass is 10.1. The molecule has 90 valence electrons. The average molecular weight is 334 g/mol. The van der Waals surface area contributed by atoms with Gasteiger partial charge in [0.15, 0.2) is 0 Å². The Labute approximate surface area is 116 Å². The molecule has 0 aliphatic carbocycles. The third-order valence-corrected chi connectivity index (χ3v) is 3.98. The van der Waals surface area contributed by atoms with E-state index < -0.39 is 0 Å². The maximum absolute atomic E-state index is 6.17. The zero-order valence-electron chi connectivity index (χ0n) is 8.73. The van der Waals surface area contributed by atoms with E-state index in [4.69, 9.17) is 17.4 Å². The van der Waals surface area contributed by atoms with Crippen molar-refractivity contribution in [1.29, 1.82) is 0 Å². The summed E-state index contributed by atoms with van der Waals surface area (Å²) in [6.07, 6.45) is 2.41. The molecule has 7 heteroatoms. The molecule has 2 rings (SSSR count). The Morgan fingerprint density at radius 3 is 2.94 bits per heavy atom. The van der Waals surface area contributed by atoms with Crippen LogP contribution in [-0.4, -0.2) is 9.59 Å². The Morgan fingerprint density at radius 1 is 1.53 bits per heavy atom. The van der Waals surface area contributed by atoms with E-state index in [1.54, 1.807) is 6.20 Å². The normalized spacial score (nSPS) is 12.6. The number of nitrogens with one attached hydrogen (secondary N) is 1. The lowest BCUT2D eigenvalue weighted by Crippen LogP contribution is -2.29. The monoisotopic (exact) mass is 332 g/mol. The van der Waals surface area contributed by atoms with Gasteiger partial charge in [-0.1, -0.05) is 38.1 Å². The van der Waals surface area contributed by atoms with Crippen LogP contribution in [0.4, 0.5) is 0 Å². The highest BCUT2D eigenvalue weighted by Gasteiger charge is 2.14. The van der Waals surface area contributed by atoms with Crippen molar-refractivity contribution in [3.63, 3.8) is 0 Å². The lowest BCUT2D eigenvalue weighted by Gasteiger charge is -2.14. The Bertz CT molecular complexity index is 491. The van der Waals surface area contributed by atoms with Gasteiger partial charge in [-0.25, -0.2) is 0 Å². The predicted octanol–water partition coefficient (Wildman–Crippen LogP) is 2.70. The van der Waals surface area contributed by atoms with Crippen molar-refractivity contribution in [1.82, 2.24) is 15.0 Å². The number of nitrogens with zero attached hydrogens (tertiary/aromatic N) is 2. The number of hydrogen-bond acceptors (Lipinski definition) is 5. The summed E-state index contributed by atoms with van der Waals surface area (Å²) in [7, 11) is 0. The summed E-state index contributed by atoms with van der Waals surface area (Å²) in [6, 6.07) is 5.79. The summed E-state index contributed by atoms with van der Waals surface area (Å²) >= 11 is 10.9. The van der Waals surface area contributed by atoms with Gasteiger partial charge in [0.2, 0.25) is 0 Å². The largest absolute Gasteiger partial charge is 0.271 e. The molecule has 1 atom stereocenters. The first-order chi connectivity index (χ1) is 8.20. The van der Waals surface area contributed by atoms with Crippen LogP contribution in [0, 0.1) is 0 Å². The van der Waals surface area contributed by atoms with Gasteiger partial charge in [0, 0.05) is 9.50 Å². The van der Waals surface area contributed by atoms with Gasteiger partial charge < -0.3 is 0 Å². The fraction of sp³-hybridized carbons (Fsp3) is 0.200. The van der Waals surface area contributed by atoms with Crippen molar-refractivity contribution in [2.24, 2.45) is 5.84 Å². The van der Waals surface area contributed by atoms with Crippen LogP contribution in [-0.2, 0) is 6.42 Å². The van der Waals surface area contributed by atoms with Crippen molar-refractivity contribution in [3.8, 4) is 0 Å². The van der Waals surface area contributed by atoms with E-state index in [1.165, 1.54) is 11.5 Å². The third kappa shape index (κ3) is 3.23. The molecule has 0 fully saturated rings. The van der Waals surface area contributed by atoms with Crippen molar-refractivity contribution >= 4 is 39.1 Å². The van der Waals surface area contributed by atoms with Crippen LogP contribution in [0.3, 0.4) is 0 Å². The summed E-state index contributed by atoms with van der Waals surface area (Å²) in [4.78, 5) is 0.992. The van der Waals surface area contributed by atoms with Crippen molar-refractivity contribution < 1.29 is 0 Å². The molecule has 1 aromatic heterocycles. The molecule has 1 unspecified atom stereocenters. The standard InChI is InChI=1S/C10H10BrClN4S/c11-7-2-1-6(8(12)4-7)3-9(15-13)10-5-14-16-17-10/h1-2,4-5,9,15H,3,13H2. The molecule has 0 saturated heterocycles. The minimum absolute atomic E-state index is 0.0197. The van der Waals surface area contributed by atoms with Crippen LogP contribution in [0.1, 0.15) is 16.5 Å². The van der Waals surface area contributed by atoms with Crippen molar-refractivity contribution in [2.45, 2.75) is 12.5 Å². The number of aromatic nitrogens is 2. The minimum atomic E-state index is -0.0197. The molecular formula is C10H10BrClN4S. The first-order valence-electron chi connectivity index (χ1n) is 4.88. The number of nitrogens with two attached hydrogens (primary N) is 1. The van der Waals surface area contributed by atoms with Crippen LogP contribution in [0.15, 0.2) is 28.9 Å². The van der Waals surface area contributed by atoms with Gasteiger partial charge in [-0.3, -0.25) is 11.3 Å². The number of benzene rings is 1. The van der Waals surface area contributed by atoms with E-state index in [-0.39, 0.29) is 6.04 Å². The van der Waals surface area contributed by atoms with Crippen LogP contribution >= 0.6 is 39.1 Å². The second-order valence-corrected chi connectivity index (χ2v) is 5.62. The Kier molecular flexibility index (Phi) is 4.47. The van der Waals surface area contributed by atoms with Gasteiger partial charge in [0.25, 0.3) is 0 Å². The van der Waals surface area contributed by atoms with E-state index in [0.29, 0.717) is 6.42 Å². The van der Waals surface area contributed by atoms with Gasteiger partial charge >= 0.3 is 0 Å². The molecule has 3 N–H and O–H groups in total. The summed E-state index contributed by atoms with van der Waals surface area (Å²) < 4.78 is 4.79. The molecule has 1 heterocycles. The minimum Gasteiger partial charge on any atom is -0.271 e. The summed E-state index contributed by atoms with van der Waals surface area (Å²) in [6.45, 7) is 0. The van der Waals surface area contributed by atoms with Crippen LogP contribution in [0.25, 0.3) is 0 Å². The second-order valence-electron chi connectivity index (χ2n) is 3.48.